The zero-order chi connectivity index (χ0) is 24.6. The summed E-state index contributed by atoms with van der Waals surface area (Å²) in [6, 6.07) is 15.9. The molecule has 0 heterocycles. The van der Waals surface area contributed by atoms with Crippen LogP contribution in [0.15, 0.2) is 59.5 Å². The maximum Gasteiger partial charge on any atom is 0.242 e. The van der Waals surface area contributed by atoms with Gasteiger partial charge < -0.3 is 15.0 Å². The Morgan fingerprint density at radius 3 is 2.26 bits per heavy atom. The predicted octanol–water partition coefficient (Wildman–Crippen LogP) is 2.55. The number of nitrogens with one attached hydrogen (secondary N) is 2. The van der Waals surface area contributed by atoms with Gasteiger partial charge in [0.05, 0.1) is 18.6 Å². The van der Waals surface area contributed by atoms with Crippen LogP contribution in [0.4, 0.5) is 0 Å². The number of amides is 2. The number of ether oxygens (including phenoxy) is 1. The molecule has 2 aromatic carbocycles. The molecule has 2 aromatic rings. The van der Waals surface area contributed by atoms with Crippen molar-refractivity contribution in [3.63, 3.8) is 0 Å². The van der Waals surface area contributed by atoms with E-state index in [1.54, 1.807) is 24.1 Å². The first-order valence-electron chi connectivity index (χ1n) is 11.5. The van der Waals surface area contributed by atoms with Crippen molar-refractivity contribution in [3.8, 4) is 5.75 Å². The van der Waals surface area contributed by atoms with Crippen molar-refractivity contribution in [3.05, 3.63) is 60.2 Å². The van der Waals surface area contributed by atoms with Gasteiger partial charge in [0.25, 0.3) is 0 Å². The predicted molar refractivity (Wildman–Crippen MR) is 130 cm³/mol. The second-order valence-corrected chi connectivity index (χ2v) is 10.5. The van der Waals surface area contributed by atoms with Gasteiger partial charge >= 0.3 is 0 Å². The molecule has 34 heavy (non-hydrogen) atoms. The monoisotopic (exact) mass is 487 g/mol. The van der Waals surface area contributed by atoms with E-state index in [0.29, 0.717) is 31.7 Å². The summed E-state index contributed by atoms with van der Waals surface area (Å²) in [4.78, 5) is 26.7. The quantitative estimate of drug-likeness (QED) is 0.536. The van der Waals surface area contributed by atoms with Gasteiger partial charge in [-0.1, -0.05) is 30.3 Å². The fourth-order valence-corrected chi connectivity index (χ4v) is 5.20. The minimum Gasteiger partial charge on any atom is -0.497 e. The van der Waals surface area contributed by atoms with E-state index in [4.69, 9.17) is 4.74 Å². The third-order valence-electron chi connectivity index (χ3n) is 6.25. The molecule has 2 amide bonds. The second-order valence-electron chi connectivity index (χ2n) is 8.70. The second kappa shape index (κ2) is 12.0. The number of hydrogen-bond donors (Lipinski definition) is 2. The van der Waals surface area contributed by atoms with Crippen LogP contribution in [0.25, 0.3) is 0 Å². The van der Waals surface area contributed by atoms with Gasteiger partial charge in [0.2, 0.25) is 21.8 Å². The molecule has 1 aliphatic carbocycles. The van der Waals surface area contributed by atoms with Crippen LogP contribution in [-0.4, -0.2) is 52.4 Å². The van der Waals surface area contributed by atoms with Crippen molar-refractivity contribution < 1.29 is 22.7 Å². The van der Waals surface area contributed by atoms with Crippen LogP contribution < -0.4 is 14.8 Å². The molecule has 8 nitrogen and oxygen atoms in total. The van der Waals surface area contributed by atoms with Gasteiger partial charge in [0, 0.05) is 26.1 Å². The molecular weight excluding hydrogens is 454 g/mol. The summed E-state index contributed by atoms with van der Waals surface area (Å²) in [6.07, 6.45) is 2.86. The van der Waals surface area contributed by atoms with Gasteiger partial charge in [-0.2, -0.15) is 0 Å². The molecule has 0 atom stereocenters. The molecule has 184 valence electrons. The van der Waals surface area contributed by atoms with Crippen molar-refractivity contribution in [2.45, 2.75) is 37.1 Å². The van der Waals surface area contributed by atoms with Crippen LogP contribution in [0.5, 0.6) is 5.75 Å². The molecular formula is C25H33N3O5S. The first kappa shape index (κ1) is 25.7. The maximum atomic E-state index is 12.5. The van der Waals surface area contributed by atoms with Gasteiger partial charge in [0.15, 0.2) is 0 Å². The lowest BCUT2D eigenvalue weighted by molar-refractivity contribution is -0.133. The van der Waals surface area contributed by atoms with Crippen LogP contribution in [0.3, 0.4) is 0 Å². The zero-order valence-electron chi connectivity index (χ0n) is 19.7. The summed E-state index contributed by atoms with van der Waals surface area (Å²) in [5, 5.41) is 2.77. The van der Waals surface area contributed by atoms with E-state index in [1.165, 1.54) is 19.2 Å². The van der Waals surface area contributed by atoms with Crippen LogP contribution >= 0.6 is 0 Å². The van der Waals surface area contributed by atoms with Crippen molar-refractivity contribution in [1.82, 2.24) is 14.9 Å². The summed E-state index contributed by atoms with van der Waals surface area (Å²) in [5.74, 6) is 0.370. The molecule has 0 aliphatic heterocycles. The van der Waals surface area contributed by atoms with Crippen molar-refractivity contribution in [1.29, 1.82) is 0 Å². The van der Waals surface area contributed by atoms with E-state index in [2.05, 4.69) is 10.0 Å². The van der Waals surface area contributed by atoms with Gasteiger partial charge in [0.1, 0.15) is 5.75 Å². The van der Waals surface area contributed by atoms with E-state index >= 15 is 0 Å². The fraction of sp³-hybridized carbons (Fsp3) is 0.440. The number of rotatable bonds is 10. The zero-order valence-corrected chi connectivity index (χ0v) is 20.5. The highest BCUT2D eigenvalue weighted by Gasteiger charge is 2.27. The van der Waals surface area contributed by atoms with E-state index in [1.807, 2.05) is 30.3 Å². The molecule has 9 heteroatoms. The number of benzene rings is 2. The standard InChI is InChI=1S/C25H33N3O5S/c1-28(18-20-6-4-3-5-7-20)24(29)17-26-25(30)21-10-8-19(9-11-21)16-27-34(31,32)23-14-12-22(33-2)13-15-23/h3-7,12-15,19,21,27H,8-11,16-18H2,1-2H3,(H,26,30). The number of carbonyl (C=O) groups excluding carboxylic acids is 2. The Bertz CT molecular complexity index is 1050. The summed E-state index contributed by atoms with van der Waals surface area (Å²) in [6.45, 7) is 0.808. The molecule has 2 N–H and O–H groups in total. The lowest BCUT2D eigenvalue weighted by Gasteiger charge is -2.28. The molecule has 0 bridgehead atoms. The highest BCUT2D eigenvalue weighted by Crippen LogP contribution is 2.29. The molecule has 0 saturated heterocycles. The molecule has 0 aromatic heterocycles. The average molecular weight is 488 g/mol. The highest BCUT2D eigenvalue weighted by molar-refractivity contribution is 7.89. The van der Waals surface area contributed by atoms with Crippen molar-refractivity contribution in [2.24, 2.45) is 11.8 Å². The lowest BCUT2D eigenvalue weighted by Crippen LogP contribution is -2.41. The Hall–Kier alpha value is -2.91. The Kier molecular flexibility index (Phi) is 9.06. The van der Waals surface area contributed by atoms with Crippen LogP contribution in [-0.2, 0) is 26.2 Å². The largest absolute Gasteiger partial charge is 0.497 e. The fourth-order valence-electron chi connectivity index (χ4n) is 4.08. The topological polar surface area (TPSA) is 105 Å². The van der Waals surface area contributed by atoms with Crippen LogP contribution in [0.1, 0.15) is 31.2 Å². The summed E-state index contributed by atoms with van der Waals surface area (Å²) < 4.78 is 32.8. The van der Waals surface area contributed by atoms with Crippen molar-refractivity contribution in [2.75, 3.05) is 27.2 Å². The average Bonchev–Trinajstić information content (AvgIpc) is 2.86. The molecule has 1 aliphatic rings. The van der Waals surface area contributed by atoms with Gasteiger partial charge in [-0.05, 0) is 61.4 Å². The Morgan fingerprint density at radius 1 is 1.00 bits per heavy atom. The highest BCUT2D eigenvalue weighted by atomic mass is 32.2. The third-order valence-corrected chi connectivity index (χ3v) is 7.69. The number of methoxy groups -OCH3 is 1. The molecule has 1 fully saturated rings. The Balaban J connectivity index is 1.38. The molecule has 0 radical (unpaired) electrons. The molecule has 0 spiro atoms. The molecule has 3 rings (SSSR count). The maximum absolute atomic E-state index is 12.5. The van der Waals surface area contributed by atoms with E-state index in [9.17, 15) is 18.0 Å². The minimum absolute atomic E-state index is 0.0241. The number of carbonyl (C=O) groups is 2. The van der Waals surface area contributed by atoms with E-state index in [0.717, 1.165) is 18.4 Å². The number of nitrogens with zero attached hydrogens (tertiary/aromatic N) is 1. The first-order chi connectivity index (χ1) is 16.3. The number of hydrogen-bond acceptors (Lipinski definition) is 5. The number of sulfonamides is 1. The minimum atomic E-state index is -3.59. The van der Waals surface area contributed by atoms with Gasteiger partial charge in [-0.15, -0.1) is 0 Å². The summed E-state index contributed by atoms with van der Waals surface area (Å²) >= 11 is 0. The summed E-state index contributed by atoms with van der Waals surface area (Å²) in [7, 11) is -0.340. The molecule has 1 saturated carbocycles. The van der Waals surface area contributed by atoms with Gasteiger partial charge in [-0.3, -0.25) is 9.59 Å². The normalized spacial score (nSPS) is 18.2. The summed E-state index contributed by atoms with van der Waals surface area (Å²) in [5.41, 5.74) is 1.03. The third kappa shape index (κ3) is 7.30. The van der Waals surface area contributed by atoms with E-state index < -0.39 is 10.0 Å². The van der Waals surface area contributed by atoms with E-state index in [-0.39, 0.29) is 35.1 Å². The Labute approximate surface area is 201 Å². The van der Waals surface area contributed by atoms with Gasteiger partial charge in [-0.25, -0.2) is 13.1 Å². The Morgan fingerprint density at radius 2 is 1.65 bits per heavy atom. The SMILES string of the molecule is COc1ccc(S(=O)(=O)NCC2CCC(C(=O)NCC(=O)N(C)Cc3ccccc3)CC2)cc1. The number of likely N-dealkylation sites (N-methyl/N-ethyl adjacent to an activating group) is 1. The lowest BCUT2D eigenvalue weighted by atomic mass is 9.81. The first-order valence-corrected chi connectivity index (χ1v) is 13.0. The van der Waals surface area contributed by atoms with Crippen LogP contribution in [0, 0.1) is 11.8 Å². The van der Waals surface area contributed by atoms with Crippen molar-refractivity contribution >= 4 is 21.8 Å². The smallest absolute Gasteiger partial charge is 0.242 e. The molecule has 0 unspecified atom stereocenters. The van der Waals surface area contributed by atoms with Crippen LogP contribution in [0.2, 0.25) is 0 Å².